The molecule has 0 aliphatic carbocycles. The van der Waals surface area contributed by atoms with Crippen LogP contribution in [-0.2, 0) is 4.79 Å². The van der Waals surface area contributed by atoms with Gasteiger partial charge in [0, 0.05) is 29.2 Å². The average Bonchev–Trinajstić information content (AvgIpc) is 3.17. The van der Waals surface area contributed by atoms with Crippen LogP contribution < -0.4 is 5.32 Å². The molecule has 3 aromatic rings. The SMILES string of the molecule is CN1CCNC(=O)C1(C)C.Cc1ccc(-c2cc(C(C)C)c3nc(C=O)cn3n2)cc1Cl. The van der Waals surface area contributed by atoms with Crippen molar-refractivity contribution in [2.75, 3.05) is 20.1 Å². The van der Waals surface area contributed by atoms with Crippen LogP contribution in [0.1, 0.15) is 55.2 Å². The number of imidazole rings is 1. The summed E-state index contributed by atoms with van der Waals surface area (Å²) in [7, 11) is 1.97. The Balaban J connectivity index is 0.000000243. The monoisotopic (exact) mass is 455 g/mol. The molecule has 32 heavy (non-hydrogen) atoms. The highest BCUT2D eigenvalue weighted by Gasteiger charge is 2.34. The fourth-order valence-corrected chi connectivity index (χ4v) is 3.58. The molecule has 1 N–H and O–H groups in total. The van der Waals surface area contributed by atoms with Gasteiger partial charge in [0.05, 0.1) is 17.4 Å². The van der Waals surface area contributed by atoms with E-state index in [1.54, 1.807) is 10.7 Å². The topological polar surface area (TPSA) is 79.6 Å². The van der Waals surface area contributed by atoms with E-state index in [9.17, 15) is 9.59 Å². The number of aromatic nitrogens is 3. The quantitative estimate of drug-likeness (QED) is 0.601. The number of carbonyl (C=O) groups is 2. The number of likely N-dealkylation sites (N-methyl/N-ethyl adjacent to an activating group) is 1. The summed E-state index contributed by atoms with van der Waals surface area (Å²) in [6.45, 7) is 11.7. The van der Waals surface area contributed by atoms with E-state index in [-0.39, 0.29) is 17.4 Å². The first-order valence-corrected chi connectivity index (χ1v) is 11.0. The molecule has 4 rings (SSSR count). The third-order valence-corrected chi connectivity index (χ3v) is 6.33. The Morgan fingerprint density at radius 1 is 1.25 bits per heavy atom. The van der Waals surface area contributed by atoms with Gasteiger partial charge in [0.2, 0.25) is 5.91 Å². The van der Waals surface area contributed by atoms with Crippen molar-refractivity contribution in [3.63, 3.8) is 0 Å². The molecule has 1 aliphatic rings. The van der Waals surface area contributed by atoms with Gasteiger partial charge in [0.25, 0.3) is 0 Å². The van der Waals surface area contributed by atoms with Crippen molar-refractivity contribution in [2.24, 2.45) is 0 Å². The van der Waals surface area contributed by atoms with Gasteiger partial charge in [-0.3, -0.25) is 14.5 Å². The summed E-state index contributed by atoms with van der Waals surface area (Å²) < 4.78 is 1.67. The normalized spacial score (nSPS) is 15.9. The van der Waals surface area contributed by atoms with Crippen molar-refractivity contribution in [1.82, 2.24) is 24.8 Å². The van der Waals surface area contributed by atoms with E-state index < -0.39 is 0 Å². The lowest BCUT2D eigenvalue weighted by Gasteiger charge is -2.38. The Morgan fingerprint density at radius 3 is 2.53 bits per heavy atom. The predicted octanol–water partition coefficient (Wildman–Crippen LogP) is 4.12. The lowest BCUT2D eigenvalue weighted by Crippen LogP contribution is -2.60. The van der Waals surface area contributed by atoms with E-state index in [2.05, 4.69) is 34.1 Å². The highest BCUT2D eigenvalue weighted by Crippen LogP contribution is 2.28. The Bertz CT molecular complexity index is 1150. The number of aryl methyl sites for hydroxylation is 1. The Morgan fingerprint density at radius 2 is 1.97 bits per heavy atom. The molecule has 1 amide bonds. The second-order valence-electron chi connectivity index (χ2n) is 8.89. The minimum Gasteiger partial charge on any atom is -0.353 e. The number of hydrogen-bond donors (Lipinski definition) is 1. The molecule has 0 bridgehead atoms. The molecule has 0 atom stereocenters. The van der Waals surface area contributed by atoms with Gasteiger partial charge in [-0.25, -0.2) is 9.50 Å². The number of fused-ring (bicyclic) bond motifs is 1. The van der Waals surface area contributed by atoms with Crippen LogP contribution in [0.25, 0.3) is 16.9 Å². The van der Waals surface area contributed by atoms with Crippen LogP contribution in [0.3, 0.4) is 0 Å². The van der Waals surface area contributed by atoms with Gasteiger partial charge in [-0.05, 0) is 51.4 Å². The van der Waals surface area contributed by atoms with Crippen LogP contribution in [-0.4, -0.2) is 57.4 Å². The number of benzene rings is 1. The van der Waals surface area contributed by atoms with Gasteiger partial charge >= 0.3 is 0 Å². The maximum absolute atomic E-state index is 11.2. The minimum absolute atomic E-state index is 0.126. The predicted molar refractivity (Wildman–Crippen MR) is 127 cm³/mol. The van der Waals surface area contributed by atoms with Gasteiger partial charge in [-0.15, -0.1) is 0 Å². The Labute approximate surface area is 193 Å². The third kappa shape index (κ3) is 4.84. The van der Waals surface area contributed by atoms with Crippen molar-refractivity contribution >= 4 is 29.4 Å². The third-order valence-electron chi connectivity index (χ3n) is 5.93. The molecule has 1 fully saturated rings. The zero-order valence-corrected chi connectivity index (χ0v) is 20.2. The maximum Gasteiger partial charge on any atom is 0.239 e. The molecule has 3 heterocycles. The maximum atomic E-state index is 11.2. The van der Waals surface area contributed by atoms with Crippen molar-refractivity contribution in [3.8, 4) is 11.3 Å². The van der Waals surface area contributed by atoms with Gasteiger partial charge in [-0.2, -0.15) is 5.10 Å². The van der Waals surface area contributed by atoms with Gasteiger partial charge in [-0.1, -0.05) is 37.6 Å². The first kappa shape index (κ1) is 23.9. The molecule has 7 nitrogen and oxygen atoms in total. The molecule has 0 saturated carbocycles. The molecule has 0 radical (unpaired) electrons. The van der Waals surface area contributed by atoms with E-state index in [4.69, 9.17) is 11.6 Å². The van der Waals surface area contributed by atoms with Crippen LogP contribution in [0.15, 0.2) is 30.5 Å². The number of hydrogen-bond acceptors (Lipinski definition) is 5. The molecule has 1 aromatic carbocycles. The van der Waals surface area contributed by atoms with Crippen molar-refractivity contribution in [3.05, 3.63) is 52.3 Å². The molecule has 0 spiro atoms. The van der Waals surface area contributed by atoms with Gasteiger partial charge in [0.15, 0.2) is 11.9 Å². The largest absolute Gasteiger partial charge is 0.353 e. The zero-order chi connectivity index (χ0) is 23.6. The van der Waals surface area contributed by atoms with E-state index >= 15 is 0 Å². The van der Waals surface area contributed by atoms with Crippen molar-refractivity contribution in [1.29, 1.82) is 0 Å². The molecule has 8 heteroatoms. The minimum atomic E-state index is -0.321. The second-order valence-corrected chi connectivity index (χ2v) is 9.30. The summed E-state index contributed by atoms with van der Waals surface area (Å²) in [6, 6.07) is 7.90. The lowest BCUT2D eigenvalue weighted by molar-refractivity contribution is -0.133. The number of amides is 1. The number of carbonyl (C=O) groups excluding carboxylic acids is 2. The molecule has 170 valence electrons. The highest BCUT2D eigenvalue weighted by atomic mass is 35.5. The van der Waals surface area contributed by atoms with E-state index in [1.807, 2.05) is 52.1 Å². The lowest BCUT2D eigenvalue weighted by atomic mass is 10.0. The van der Waals surface area contributed by atoms with Crippen LogP contribution in [0.4, 0.5) is 0 Å². The van der Waals surface area contributed by atoms with Crippen molar-refractivity contribution < 1.29 is 9.59 Å². The fraction of sp³-hybridized carbons (Fsp3) is 0.417. The first-order chi connectivity index (χ1) is 15.0. The fourth-order valence-electron chi connectivity index (χ4n) is 3.40. The highest BCUT2D eigenvalue weighted by molar-refractivity contribution is 6.31. The molecular weight excluding hydrogens is 426 g/mol. The molecule has 1 saturated heterocycles. The van der Waals surface area contributed by atoms with Crippen LogP contribution in [0, 0.1) is 6.92 Å². The van der Waals surface area contributed by atoms with Crippen LogP contribution in [0.5, 0.6) is 0 Å². The summed E-state index contributed by atoms with van der Waals surface area (Å²) in [5, 5.41) is 8.10. The number of aldehydes is 1. The van der Waals surface area contributed by atoms with Gasteiger partial charge < -0.3 is 5.32 Å². The van der Waals surface area contributed by atoms with Crippen LogP contribution in [0.2, 0.25) is 5.02 Å². The summed E-state index contributed by atoms with van der Waals surface area (Å²) in [6.07, 6.45) is 2.38. The summed E-state index contributed by atoms with van der Waals surface area (Å²) >= 11 is 6.22. The summed E-state index contributed by atoms with van der Waals surface area (Å²) in [5.41, 5.74) is 4.62. The van der Waals surface area contributed by atoms with E-state index in [0.29, 0.717) is 10.7 Å². The number of piperazine rings is 1. The zero-order valence-electron chi connectivity index (χ0n) is 19.4. The standard InChI is InChI=1S/C17H16ClN3O.C7H14N2O/c1-10(2)14-7-16(12-5-4-11(3)15(18)6-12)20-21-8-13(9-22)19-17(14)21;1-7(2)6(10)8-4-5-9(7)3/h4-10H,1-3H3;4-5H2,1-3H3,(H,8,10). The average molecular weight is 456 g/mol. The summed E-state index contributed by atoms with van der Waals surface area (Å²) in [4.78, 5) is 28.5. The number of halogens is 1. The smallest absolute Gasteiger partial charge is 0.239 e. The number of rotatable bonds is 3. The Hall–Kier alpha value is -2.77. The van der Waals surface area contributed by atoms with Crippen molar-refractivity contribution in [2.45, 2.75) is 46.1 Å². The van der Waals surface area contributed by atoms with E-state index in [0.717, 1.165) is 47.4 Å². The molecule has 1 aliphatic heterocycles. The molecule has 0 unspecified atom stereocenters. The number of nitrogens with one attached hydrogen (secondary N) is 1. The number of nitrogens with zero attached hydrogens (tertiary/aromatic N) is 4. The summed E-state index contributed by atoms with van der Waals surface area (Å²) in [5.74, 6) is 0.397. The molecule has 2 aromatic heterocycles. The Kier molecular flexibility index (Phi) is 7.00. The van der Waals surface area contributed by atoms with Gasteiger partial charge in [0.1, 0.15) is 5.69 Å². The molecular formula is C24H30ClN5O2. The van der Waals surface area contributed by atoms with E-state index in [1.165, 1.54) is 0 Å². The second kappa shape index (κ2) is 9.38. The first-order valence-electron chi connectivity index (χ1n) is 10.7. The van der Waals surface area contributed by atoms with Crippen LogP contribution >= 0.6 is 11.6 Å².